The Balaban J connectivity index is 1.56. The summed E-state index contributed by atoms with van der Waals surface area (Å²) in [7, 11) is -3.25. The summed E-state index contributed by atoms with van der Waals surface area (Å²) in [4.78, 5) is 22.1. The minimum Gasteiger partial charge on any atom is -0.348 e. The van der Waals surface area contributed by atoms with Crippen LogP contribution in [0.1, 0.15) is 18.5 Å². The second-order valence-corrected chi connectivity index (χ2v) is 9.75. The Morgan fingerprint density at radius 1 is 1.17 bits per heavy atom. The molecule has 4 rings (SSSR count). The maximum atomic E-state index is 12.8. The van der Waals surface area contributed by atoms with E-state index in [2.05, 4.69) is 15.3 Å². The molecule has 0 saturated carbocycles. The first kappa shape index (κ1) is 20.2. The molecule has 9 heteroatoms. The summed E-state index contributed by atoms with van der Waals surface area (Å²) in [6.07, 6.45) is 1.17. The number of carbonyl (C=O) groups is 1. The molecule has 0 bridgehead atoms. The lowest BCUT2D eigenvalue weighted by Crippen LogP contribution is -2.30. The molecule has 2 aromatic carbocycles. The normalized spacial score (nSPS) is 12.7. The van der Waals surface area contributed by atoms with Crippen molar-refractivity contribution in [3.63, 3.8) is 0 Å². The fourth-order valence-corrected chi connectivity index (χ4v) is 4.43. The van der Waals surface area contributed by atoms with E-state index in [4.69, 9.17) is 0 Å². The standard InChI is InChI=1S/C21H20N4O3S2/c1-14(15-7-9-16(10-8-15)30(2,27)28)23-20(26)11-25-19-6-4-3-5-17(19)24-21(25)18-12-29-13-22-18/h3-10,12-14H,11H2,1-2H3,(H,23,26)/t14-/m1/s1. The van der Waals surface area contributed by atoms with Gasteiger partial charge in [0.1, 0.15) is 12.2 Å². The van der Waals surface area contributed by atoms with Crippen molar-refractivity contribution in [2.24, 2.45) is 0 Å². The van der Waals surface area contributed by atoms with Crippen molar-refractivity contribution >= 4 is 38.1 Å². The van der Waals surface area contributed by atoms with Crippen molar-refractivity contribution in [2.45, 2.75) is 24.4 Å². The highest BCUT2D eigenvalue weighted by atomic mass is 32.2. The lowest BCUT2D eigenvalue weighted by Gasteiger charge is -2.16. The SMILES string of the molecule is C[C@@H](NC(=O)Cn1c(-c2cscn2)nc2ccccc21)c1ccc(S(C)(=O)=O)cc1. The van der Waals surface area contributed by atoms with Crippen LogP contribution in [0.5, 0.6) is 0 Å². The molecule has 0 aliphatic rings. The van der Waals surface area contributed by atoms with Crippen molar-refractivity contribution in [1.29, 1.82) is 0 Å². The average molecular weight is 441 g/mol. The molecule has 0 radical (unpaired) electrons. The summed E-state index contributed by atoms with van der Waals surface area (Å²) in [5.74, 6) is 0.479. The van der Waals surface area contributed by atoms with Gasteiger partial charge in [-0.25, -0.2) is 18.4 Å². The Labute approximate surface area is 178 Å². The summed E-state index contributed by atoms with van der Waals surface area (Å²) in [5.41, 5.74) is 4.96. The van der Waals surface area contributed by atoms with Gasteiger partial charge in [-0.3, -0.25) is 4.79 Å². The van der Waals surface area contributed by atoms with Gasteiger partial charge in [-0.2, -0.15) is 0 Å². The van der Waals surface area contributed by atoms with E-state index in [0.717, 1.165) is 22.3 Å². The largest absolute Gasteiger partial charge is 0.348 e. The molecule has 0 unspecified atom stereocenters. The number of fused-ring (bicyclic) bond motifs is 1. The van der Waals surface area contributed by atoms with E-state index < -0.39 is 9.84 Å². The number of carbonyl (C=O) groups excluding carboxylic acids is 1. The van der Waals surface area contributed by atoms with Crippen LogP contribution >= 0.6 is 11.3 Å². The molecule has 1 atom stereocenters. The Bertz CT molecular complexity index is 1290. The number of hydrogen-bond acceptors (Lipinski definition) is 6. The first-order chi connectivity index (χ1) is 14.3. The van der Waals surface area contributed by atoms with Crippen LogP contribution in [0.25, 0.3) is 22.6 Å². The van der Waals surface area contributed by atoms with Gasteiger partial charge in [-0.1, -0.05) is 24.3 Å². The molecule has 2 heterocycles. The molecule has 30 heavy (non-hydrogen) atoms. The maximum Gasteiger partial charge on any atom is 0.240 e. The van der Waals surface area contributed by atoms with Gasteiger partial charge in [0.2, 0.25) is 5.91 Å². The predicted octanol–water partition coefficient (Wildman–Crippen LogP) is 3.44. The number of hydrogen-bond donors (Lipinski definition) is 1. The van der Waals surface area contributed by atoms with Gasteiger partial charge in [0.15, 0.2) is 15.7 Å². The van der Waals surface area contributed by atoms with Crippen LogP contribution in [0, 0.1) is 0 Å². The number of nitrogens with zero attached hydrogens (tertiary/aromatic N) is 3. The van der Waals surface area contributed by atoms with Gasteiger partial charge >= 0.3 is 0 Å². The number of rotatable bonds is 6. The number of nitrogens with one attached hydrogen (secondary N) is 1. The summed E-state index contributed by atoms with van der Waals surface area (Å²) in [6.45, 7) is 1.96. The summed E-state index contributed by atoms with van der Waals surface area (Å²) < 4.78 is 25.1. The molecular weight excluding hydrogens is 420 g/mol. The Kier molecular flexibility index (Phi) is 5.40. The number of aromatic nitrogens is 3. The summed E-state index contributed by atoms with van der Waals surface area (Å²) in [5, 5.41) is 4.88. The van der Waals surface area contributed by atoms with Crippen molar-refractivity contribution < 1.29 is 13.2 Å². The van der Waals surface area contributed by atoms with E-state index in [9.17, 15) is 13.2 Å². The number of imidazole rings is 1. The zero-order chi connectivity index (χ0) is 21.3. The van der Waals surface area contributed by atoms with E-state index in [-0.39, 0.29) is 23.4 Å². The third-order valence-corrected chi connectivity index (χ3v) is 6.52. The van der Waals surface area contributed by atoms with Crippen LogP contribution in [0.4, 0.5) is 0 Å². The van der Waals surface area contributed by atoms with Crippen LogP contribution in [0.3, 0.4) is 0 Å². The maximum absolute atomic E-state index is 12.8. The summed E-state index contributed by atoms with van der Waals surface area (Å²) in [6, 6.07) is 13.9. The number of thiazole rings is 1. The highest BCUT2D eigenvalue weighted by Crippen LogP contribution is 2.25. The van der Waals surface area contributed by atoms with Gasteiger partial charge in [0.25, 0.3) is 0 Å². The van der Waals surface area contributed by atoms with Gasteiger partial charge in [-0.05, 0) is 36.8 Å². The smallest absolute Gasteiger partial charge is 0.240 e. The van der Waals surface area contributed by atoms with E-state index in [1.807, 2.05) is 41.1 Å². The van der Waals surface area contributed by atoms with Gasteiger partial charge in [-0.15, -0.1) is 11.3 Å². The van der Waals surface area contributed by atoms with Crippen molar-refractivity contribution in [3.05, 3.63) is 65.0 Å². The van der Waals surface area contributed by atoms with Crippen molar-refractivity contribution in [2.75, 3.05) is 6.26 Å². The zero-order valence-electron chi connectivity index (χ0n) is 16.4. The monoisotopic (exact) mass is 440 g/mol. The van der Waals surface area contributed by atoms with Crippen LogP contribution in [-0.2, 0) is 21.2 Å². The lowest BCUT2D eigenvalue weighted by atomic mass is 10.1. The van der Waals surface area contributed by atoms with E-state index in [1.165, 1.54) is 17.6 Å². The zero-order valence-corrected chi connectivity index (χ0v) is 18.1. The second kappa shape index (κ2) is 8.00. The number of amides is 1. The average Bonchev–Trinajstić information content (AvgIpc) is 3.36. The molecule has 2 aromatic heterocycles. The predicted molar refractivity (Wildman–Crippen MR) is 117 cm³/mol. The van der Waals surface area contributed by atoms with Gasteiger partial charge < -0.3 is 9.88 Å². The van der Waals surface area contributed by atoms with Crippen LogP contribution < -0.4 is 5.32 Å². The fourth-order valence-electron chi connectivity index (χ4n) is 3.27. The Hall–Kier alpha value is -3.04. The number of sulfone groups is 1. The van der Waals surface area contributed by atoms with Gasteiger partial charge in [0, 0.05) is 11.6 Å². The molecule has 0 fully saturated rings. The second-order valence-electron chi connectivity index (χ2n) is 7.01. The highest BCUT2D eigenvalue weighted by molar-refractivity contribution is 7.90. The molecule has 4 aromatic rings. The molecule has 7 nitrogen and oxygen atoms in total. The topological polar surface area (TPSA) is 93.9 Å². The first-order valence-electron chi connectivity index (χ1n) is 9.26. The van der Waals surface area contributed by atoms with Crippen molar-refractivity contribution in [1.82, 2.24) is 19.9 Å². The molecule has 1 N–H and O–H groups in total. The van der Waals surface area contributed by atoms with Crippen LogP contribution in [0.15, 0.2) is 64.3 Å². The minimum atomic E-state index is -3.25. The number of para-hydroxylation sites is 2. The molecule has 0 aliphatic heterocycles. The third kappa shape index (κ3) is 4.12. The van der Waals surface area contributed by atoms with Gasteiger partial charge in [0.05, 0.1) is 27.5 Å². The van der Waals surface area contributed by atoms with Crippen LogP contribution in [-0.4, -0.2) is 35.1 Å². The summed E-state index contributed by atoms with van der Waals surface area (Å²) >= 11 is 1.47. The minimum absolute atomic E-state index is 0.0964. The fraction of sp³-hybridized carbons (Fsp3) is 0.190. The van der Waals surface area contributed by atoms with E-state index >= 15 is 0 Å². The van der Waals surface area contributed by atoms with E-state index in [1.54, 1.807) is 29.8 Å². The molecule has 0 saturated heterocycles. The highest BCUT2D eigenvalue weighted by Gasteiger charge is 2.18. The molecule has 1 amide bonds. The Morgan fingerprint density at radius 2 is 1.90 bits per heavy atom. The first-order valence-corrected chi connectivity index (χ1v) is 12.1. The lowest BCUT2D eigenvalue weighted by molar-refractivity contribution is -0.122. The Morgan fingerprint density at radius 3 is 2.57 bits per heavy atom. The van der Waals surface area contributed by atoms with Crippen molar-refractivity contribution in [3.8, 4) is 11.5 Å². The number of benzene rings is 2. The van der Waals surface area contributed by atoms with Crippen LogP contribution in [0.2, 0.25) is 0 Å². The molecular formula is C21H20N4O3S2. The third-order valence-electron chi connectivity index (χ3n) is 4.80. The molecule has 154 valence electrons. The van der Waals surface area contributed by atoms with E-state index in [0.29, 0.717) is 5.82 Å². The molecule has 0 aliphatic carbocycles. The molecule has 0 spiro atoms. The quantitative estimate of drug-likeness (QED) is 0.496.